The number of carbonyl (C=O) groups is 1. The molecule has 0 atom stereocenters. The van der Waals surface area contributed by atoms with Crippen molar-refractivity contribution in [1.82, 2.24) is 5.32 Å². The molecule has 0 saturated heterocycles. The normalized spacial score (nSPS) is 19.6. The lowest BCUT2D eigenvalue weighted by Crippen LogP contribution is -2.27. The molecule has 2 heterocycles. The average Bonchev–Trinajstić information content (AvgIpc) is 3.40. The van der Waals surface area contributed by atoms with Crippen molar-refractivity contribution >= 4 is 23.0 Å². The summed E-state index contributed by atoms with van der Waals surface area (Å²) in [5.74, 6) is 0.0724. The van der Waals surface area contributed by atoms with E-state index in [0.29, 0.717) is 25.9 Å². The summed E-state index contributed by atoms with van der Waals surface area (Å²) >= 11 is 0. The molecule has 0 radical (unpaired) electrons. The van der Waals surface area contributed by atoms with Crippen molar-refractivity contribution in [2.24, 2.45) is 5.11 Å². The Morgan fingerprint density at radius 3 is 2.51 bits per heavy atom. The van der Waals surface area contributed by atoms with Crippen LogP contribution < -0.4 is 10.2 Å². The Balaban J connectivity index is 1.26. The third-order valence-corrected chi connectivity index (χ3v) is 10.1. The number of fused-ring (bicyclic) bond motifs is 2. The highest BCUT2D eigenvalue weighted by atomic mass is 16.1. The van der Waals surface area contributed by atoms with Crippen LogP contribution in [0.25, 0.3) is 10.4 Å². The fourth-order valence-corrected chi connectivity index (χ4v) is 7.44. The van der Waals surface area contributed by atoms with Crippen LogP contribution in [-0.4, -0.2) is 42.9 Å². The Labute approximate surface area is 281 Å². The van der Waals surface area contributed by atoms with Gasteiger partial charge in [0.15, 0.2) is 5.71 Å². The maximum absolute atomic E-state index is 12.2. The molecule has 0 aromatic heterocycles. The van der Waals surface area contributed by atoms with Crippen molar-refractivity contribution in [3.05, 3.63) is 117 Å². The molecule has 7 nitrogen and oxygen atoms in total. The van der Waals surface area contributed by atoms with Crippen molar-refractivity contribution in [2.45, 2.75) is 89.9 Å². The number of allylic oxidation sites excluding steroid dienone is 8. The zero-order chi connectivity index (χ0) is 33.4. The van der Waals surface area contributed by atoms with Gasteiger partial charge in [0.25, 0.3) is 0 Å². The molecule has 1 N–H and O–H groups in total. The van der Waals surface area contributed by atoms with Crippen molar-refractivity contribution < 1.29 is 9.37 Å². The van der Waals surface area contributed by atoms with Crippen molar-refractivity contribution in [2.75, 3.05) is 31.6 Å². The molecular formula is C40H51N6O+. The number of hydrogen-bond donors (Lipinski definition) is 1. The Bertz CT molecular complexity index is 1680. The zero-order valence-electron chi connectivity index (χ0n) is 28.9. The maximum Gasteiger partial charge on any atom is 0.219 e. The molecule has 3 aliphatic rings. The van der Waals surface area contributed by atoms with Gasteiger partial charge in [-0.05, 0) is 86.8 Å². The summed E-state index contributed by atoms with van der Waals surface area (Å²) in [6, 6.07) is 17.5. The molecule has 0 bridgehead atoms. The second kappa shape index (κ2) is 15.0. The third-order valence-electron chi connectivity index (χ3n) is 10.1. The number of para-hydroxylation sites is 2. The molecule has 2 aliphatic heterocycles. The third kappa shape index (κ3) is 7.63. The second-order valence-electron chi connectivity index (χ2n) is 14.0. The molecule has 0 unspecified atom stereocenters. The fraction of sp³-hybridized carbons (Fsp3) is 0.450. The van der Waals surface area contributed by atoms with Crippen molar-refractivity contribution in [3.8, 4) is 0 Å². The quantitative estimate of drug-likeness (QED) is 0.0785. The van der Waals surface area contributed by atoms with E-state index in [2.05, 4.69) is 138 Å². The van der Waals surface area contributed by atoms with E-state index in [1.807, 2.05) is 0 Å². The van der Waals surface area contributed by atoms with Crippen molar-refractivity contribution in [3.63, 3.8) is 0 Å². The summed E-state index contributed by atoms with van der Waals surface area (Å²) in [5.41, 5.74) is 19.0. The van der Waals surface area contributed by atoms with Crippen molar-refractivity contribution in [1.29, 1.82) is 0 Å². The standard InChI is InChI=1S/C40H50N6O/c1-39(2)32-17-8-10-19-34(32)45(5)36(39)24-22-30-15-13-16-31(29-30)23-25-37-40(3,4)33-18-9-11-20-35(33)46(37)28-12-6-7-21-38(47)42-26-14-27-43-44-41/h8-11,17-20,22-25,29H,6-7,12-16,21,26-28H2,1-5H3/p+1. The first-order chi connectivity index (χ1) is 22.6. The largest absolute Gasteiger partial charge is 0.356 e. The Kier molecular flexibility index (Phi) is 10.9. The van der Waals surface area contributed by atoms with E-state index in [4.69, 9.17) is 5.53 Å². The zero-order valence-corrected chi connectivity index (χ0v) is 28.9. The number of amides is 1. The minimum atomic E-state index is -0.0888. The molecule has 47 heavy (non-hydrogen) atoms. The molecule has 0 fully saturated rings. The summed E-state index contributed by atoms with van der Waals surface area (Å²) in [6.07, 6.45) is 19.2. The van der Waals surface area contributed by atoms with Crippen LogP contribution in [0.3, 0.4) is 0 Å². The first-order valence-corrected chi connectivity index (χ1v) is 17.3. The number of azide groups is 1. The van der Waals surface area contributed by atoms with E-state index >= 15 is 0 Å². The van der Waals surface area contributed by atoms with E-state index in [-0.39, 0.29) is 16.7 Å². The van der Waals surface area contributed by atoms with E-state index < -0.39 is 0 Å². The summed E-state index contributed by atoms with van der Waals surface area (Å²) in [4.78, 5) is 17.4. The number of nitrogens with zero attached hydrogens (tertiary/aromatic N) is 5. The number of hydrogen-bond acceptors (Lipinski definition) is 3. The molecule has 2 aromatic rings. The molecule has 2 aromatic carbocycles. The topological polar surface area (TPSA) is 84.1 Å². The lowest BCUT2D eigenvalue weighted by atomic mass is 9.81. The summed E-state index contributed by atoms with van der Waals surface area (Å²) in [7, 11) is 2.18. The van der Waals surface area contributed by atoms with Gasteiger partial charge in [0.05, 0.1) is 5.41 Å². The molecule has 1 aliphatic carbocycles. The smallest absolute Gasteiger partial charge is 0.219 e. The first-order valence-electron chi connectivity index (χ1n) is 17.3. The van der Waals surface area contributed by atoms with Crippen LogP contribution in [0.4, 0.5) is 11.4 Å². The Morgan fingerprint density at radius 2 is 1.72 bits per heavy atom. The number of benzene rings is 2. The second-order valence-corrected chi connectivity index (χ2v) is 14.0. The van der Waals surface area contributed by atoms with Crippen LogP contribution in [0.5, 0.6) is 0 Å². The minimum Gasteiger partial charge on any atom is -0.356 e. The van der Waals surface area contributed by atoms with Gasteiger partial charge >= 0.3 is 0 Å². The van der Waals surface area contributed by atoms with Gasteiger partial charge in [-0.2, -0.15) is 4.58 Å². The molecule has 0 spiro atoms. The summed E-state index contributed by atoms with van der Waals surface area (Å²) in [6.45, 7) is 11.2. The minimum absolute atomic E-state index is 0.0198. The van der Waals surface area contributed by atoms with Gasteiger partial charge in [0, 0.05) is 65.5 Å². The van der Waals surface area contributed by atoms with Gasteiger partial charge in [-0.25, -0.2) is 0 Å². The molecule has 7 heteroatoms. The van der Waals surface area contributed by atoms with Crippen LogP contribution in [0.2, 0.25) is 0 Å². The SMILES string of the molecule is C[N+]1=C(/C=C/C2=CC(=C/C=C3/N(CCCCCC(=O)NCCCN=[N+]=[N-])c4ccccc4C3(C)C)/CCC2)C(C)(C)c2ccccc21. The lowest BCUT2D eigenvalue weighted by Gasteiger charge is -2.27. The van der Waals surface area contributed by atoms with Crippen LogP contribution >= 0.6 is 0 Å². The van der Waals surface area contributed by atoms with E-state index in [1.54, 1.807) is 0 Å². The highest BCUT2D eigenvalue weighted by molar-refractivity contribution is 6.03. The van der Waals surface area contributed by atoms with Gasteiger partial charge in [0.2, 0.25) is 11.6 Å². The maximum atomic E-state index is 12.2. The monoisotopic (exact) mass is 631 g/mol. The van der Waals surface area contributed by atoms with Gasteiger partial charge in [0.1, 0.15) is 7.05 Å². The number of nitrogens with one attached hydrogen (secondary N) is 1. The first kappa shape index (κ1) is 34.0. The average molecular weight is 632 g/mol. The van der Waals surface area contributed by atoms with Crippen LogP contribution in [-0.2, 0) is 15.6 Å². The summed E-state index contributed by atoms with van der Waals surface area (Å²) in [5, 5.41) is 6.44. The van der Waals surface area contributed by atoms with Crippen LogP contribution in [0.1, 0.15) is 90.2 Å². The highest BCUT2D eigenvalue weighted by Crippen LogP contribution is 2.48. The van der Waals surface area contributed by atoms with Crippen LogP contribution in [0, 0.1) is 0 Å². The van der Waals surface area contributed by atoms with Crippen LogP contribution in [0.15, 0.2) is 101 Å². The number of unbranched alkanes of at least 4 members (excludes halogenated alkanes) is 2. The van der Waals surface area contributed by atoms with Gasteiger partial charge in [-0.3, -0.25) is 4.79 Å². The lowest BCUT2D eigenvalue weighted by molar-refractivity contribution is -0.401. The van der Waals surface area contributed by atoms with Gasteiger partial charge in [-0.15, -0.1) is 0 Å². The number of carbonyl (C=O) groups excluding carboxylic acids is 1. The predicted molar refractivity (Wildman–Crippen MR) is 194 cm³/mol. The predicted octanol–water partition coefficient (Wildman–Crippen LogP) is 9.34. The molecule has 246 valence electrons. The summed E-state index contributed by atoms with van der Waals surface area (Å²) < 4.78 is 2.34. The van der Waals surface area contributed by atoms with Gasteiger partial charge < -0.3 is 10.2 Å². The molecule has 5 rings (SSSR count). The number of rotatable bonds is 13. The van der Waals surface area contributed by atoms with Gasteiger partial charge in [-0.1, -0.05) is 80.0 Å². The molecule has 0 saturated carbocycles. The highest BCUT2D eigenvalue weighted by Gasteiger charge is 2.42. The molecular weight excluding hydrogens is 580 g/mol. The van der Waals surface area contributed by atoms with E-state index in [1.165, 1.54) is 45.1 Å². The Morgan fingerprint density at radius 1 is 0.957 bits per heavy atom. The van der Waals surface area contributed by atoms with E-state index in [0.717, 1.165) is 45.1 Å². The van der Waals surface area contributed by atoms with E-state index in [9.17, 15) is 4.79 Å². The fourth-order valence-electron chi connectivity index (χ4n) is 7.44. The Hall–Kier alpha value is -4.35. The molecule has 1 amide bonds. The number of anilines is 1.